The van der Waals surface area contributed by atoms with Crippen LogP contribution in [0, 0.1) is 0 Å². The Morgan fingerprint density at radius 1 is 1.00 bits per heavy atom. The Morgan fingerprint density at radius 2 is 1.52 bits per heavy atom. The van der Waals surface area contributed by atoms with E-state index in [-0.39, 0.29) is 24.5 Å². The number of ether oxygens (including phenoxy) is 1. The van der Waals surface area contributed by atoms with Crippen molar-refractivity contribution < 1.29 is 9.53 Å². The minimum atomic E-state index is -0.286. The molecule has 0 radical (unpaired) electrons. The summed E-state index contributed by atoms with van der Waals surface area (Å²) in [6.07, 6.45) is -0.277. The van der Waals surface area contributed by atoms with Gasteiger partial charge in [0.15, 0.2) is 0 Å². The third-order valence-electron chi connectivity index (χ3n) is 3.77. The molecule has 2 rings (SSSR count). The van der Waals surface area contributed by atoms with Crippen LogP contribution in [0.25, 0.3) is 0 Å². The second kappa shape index (κ2) is 9.33. The highest BCUT2D eigenvalue weighted by molar-refractivity contribution is 5.89. The van der Waals surface area contributed by atoms with Gasteiger partial charge in [0.1, 0.15) is 6.10 Å². The van der Waals surface area contributed by atoms with Gasteiger partial charge < -0.3 is 4.74 Å². The van der Waals surface area contributed by atoms with Crippen molar-refractivity contribution in [3.05, 3.63) is 71.8 Å². The second-order valence-electron chi connectivity index (χ2n) is 5.70. The molecular weight excluding hydrogens is 310 g/mol. The van der Waals surface area contributed by atoms with Crippen LogP contribution in [-0.2, 0) is 4.74 Å². The minimum Gasteiger partial charge on any atom is -0.453 e. The topological polar surface area (TPSA) is 29.5 Å². The molecule has 4 heteroatoms. The molecule has 0 fully saturated rings. The lowest BCUT2D eigenvalue weighted by molar-refractivity contribution is 0.0194. The first kappa shape index (κ1) is 19.2. The number of esters is 1. The lowest BCUT2D eigenvalue weighted by Crippen LogP contribution is -2.32. The van der Waals surface area contributed by atoms with Crippen LogP contribution in [0.4, 0.5) is 0 Å². The van der Waals surface area contributed by atoms with E-state index in [2.05, 4.69) is 18.7 Å². The average molecular weight is 334 g/mol. The third-order valence-corrected chi connectivity index (χ3v) is 3.77. The predicted octanol–water partition coefficient (Wildman–Crippen LogP) is 4.35. The van der Waals surface area contributed by atoms with E-state index in [1.165, 1.54) is 0 Å². The van der Waals surface area contributed by atoms with Gasteiger partial charge in [0.2, 0.25) is 0 Å². The molecule has 0 aliphatic rings. The van der Waals surface area contributed by atoms with Crippen LogP contribution in [0.15, 0.2) is 60.7 Å². The molecule has 0 N–H and O–H groups in total. The van der Waals surface area contributed by atoms with Crippen LogP contribution >= 0.6 is 12.4 Å². The summed E-state index contributed by atoms with van der Waals surface area (Å²) in [6.45, 7) is 4.92. The molecule has 0 aliphatic carbocycles. The highest BCUT2D eigenvalue weighted by Gasteiger charge is 2.20. The van der Waals surface area contributed by atoms with Crippen molar-refractivity contribution in [2.24, 2.45) is 0 Å². The molecule has 1 unspecified atom stereocenters. The molecule has 2 aromatic rings. The Hall–Kier alpha value is -1.84. The third kappa shape index (κ3) is 5.70. The van der Waals surface area contributed by atoms with Crippen molar-refractivity contribution in [2.45, 2.75) is 26.0 Å². The standard InChI is InChI=1S/C19H23NO2.ClH/c1-15(2)20(3)14-18(16-10-6-4-7-11-16)22-19(21)17-12-8-5-9-13-17;/h4-13,15,18H,14H2,1-3H3;1H. The molecule has 0 saturated heterocycles. The van der Waals surface area contributed by atoms with Crippen molar-refractivity contribution in [1.82, 2.24) is 4.90 Å². The number of halogens is 1. The zero-order chi connectivity index (χ0) is 15.9. The van der Waals surface area contributed by atoms with E-state index in [1.54, 1.807) is 12.1 Å². The molecule has 0 bridgehead atoms. The van der Waals surface area contributed by atoms with Gasteiger partial charge in [0.05, 0.1) is 5.56 Å². The Labute approximate surface area is 144 Å². The fraction of sp³-hybridized carbons (Fsp3) is 0.316. The summed E-state index contributed by atoms with van der Waals surface area (Å²) in [5, 5.41) is 0. The smallest absolute Gasteiger partial charge is 0.338 e. The van der Waals surface area contributed by atoms with Crippen molar-refractivity contribution in [1.29, 1.82) is 0 Å². The minimum absolute atomic E-state index is 0. The zero-order valence-electron chi connectivity index (χ0n) is 13.8. The molecule has 0 aliphatic heterocycles. The molecule has 0 heterocycles. The van der Waals surface area contributed by atoms with E-state index in [4.69, 9.17) is 4.74 Å². The summed E-state index contributed by atoms with van der Waals surface area (Å²) < 4.78 is 5.76. The van der Waals surface area contributed by atoms with Crippen molar-refractivity contribution in [3.8, 4) is 0 Å². The van der Waals surface area contributed by atoms with E-state index in [0.29, 0.717) is 18.2 Å². The van der Waals surface area contributed by atoms with Crippen molar-refractivity contribution in [3.63, 3.8) is 0 Å². The van der Waals surface area contributed by atoms with Gasteiger partial charge in [-0.15, -0.1) is 12.4 Å². The number of likely N-dealkylation sites (N-methyl/N-ethyl adjacent to an activating group) is 1. The largest absolute Gasteiger partial charge is 0.453 e. The van der Waals surface area contributed by atoms with E-state index in [0.717, 1.165) is 5.56 Å². The SMILES string of the molecule is CC(C)N(C)CC(OC(=O)c1ccccc1)c1ccccc1.Cl. The first-order valence-corrected chi connectivity index (χ1v) is 7.59. The molecule has 0 saturated carbocycles. The Bertz CT molecular complexity index is 587. The summed E-state index contributed by atoms with van der Waals surface area (Å²) in [7, 11) is 2.04. The molecular formula is C19H24ClNO2. The van der Waals surface area contributed by atoms with Crippen LogP contribution < -0.4 is 0 Å². The van der Waals surface area contributed by atoms with E-state index >= 15 is 0 Å². The quantitative estimate of drug-likeness (QED) is 0.736. The van der Waals surface area contributed by atoms with Gasteiger partial charge >= 0.3 is 5.97 Å². The molecule has 3 nitrogen and oxygen atoms in total. The monoisotopic (exact) mass is 333 g/mol. The van der Waals surface area contributed by atoms with Gasteiger partial charge in [-0.25, -0.2) is 4.79 Å². The maximum absolute atomic E-state index is 12.3. The van der Waals surface area contributed by atoms with Gasteiger partial charge in [-0.1, -0.05) is 48.5 Å². The Balaban J connectivity index is 0.00000264. The first-order valence-electron chi connectivity index (χ1n) is 7.59. The average Bonchev–Trinajstić information content (AvgIpc) is 2.55. The molecule has 124 valence electrons. The number of rotatable bonds is 6. The number of benzene rings is 2. The number of hydrogen-bond donors (Lipinski definition) is 0. The normalized spacial score (nSPS) is 11.9. The maximum Gasteiger partial charge on any atom is 0.338 e. The van der Waals surface area contributed by atoms with Crippen LogP contribution in [0.3, 0.4) is 0 Å². The predicted molar refractivity (Wildman–Crippen MR) is 96.1 cm³/mol. The number of nitrogens with zero attached hydrogens (tertiary/aromatic N) is 1. The van der Waals surface area contributed by atoms with Gasteiger partial charge in [0, 0.05) is 12.6 Å². The Morgan fingerprint density at radius 3 is 2.04 bits per heavy atom. The molecule has 0 amide bonds. The van der Waals surface area contributed by atoms with Crippen molar-refractivity contribution >= 4 is 18.4 Å². The lowest BCUT2D eigenvalue weighted by atomic mass is 10.1. The summed E-state index contributed by atoms with van der Waals surface area (Å²) in [5.74, 6) is -0.286. The van der Waals surface area contributed by atoms with Gasteiger partial charge in [-0.05, 0) is 38.6 Å². The van der Waals surface area contributed by atoms with Gasteiger partial charge in [-0.3, -0.25) is 4.90 Å². The molecule has 1 atom stereocenters. The van der Waals surface area contributed by atoms with E-state index < -0.39 is 0 Å². The first-order chi connectivity index (χ1) is 10.6. The van der Waals surface area contributed by atoms with Crippen LogP contribution in [0.1, 0.15) is 35.9 Å². The molecule has 2 aromatic carbocycles. The second-order valence-corrected chi connectivity index (χ2v) is 5.70. The van der Waals surface area contributed by atoms with Gasteiger partial charge in [0.25, 0.3) is 0 Å². The van der Waals surface area contributed by atoms with Crippen LogP contribution in [0.2, 0.25) is 0 Å². The molecule has 23 heavy (non-hydrogen) atoms. The summed E-state index contributed by atoms with van der Waals surface area (Å²) in [6, 6.07) is 19.4. The highest BCUT2D eigenvalue weighted by Crippen LogP contribution is 2.21. The summed E-state index contributed by atoms with van der Waals surface area (Å²) in [4.78, 5) is 14.5. The fourth-order valence-corrected chi connectivity index (χ4v) is 2.12. The highest BCUT2D eigenvalue weighted by atomic mass is 35.5. The number of hydrogen-bond acceptors (Lipinski definition) is 3. The maximum atomic E-state index is 12.3. The van der Waals surface area contributed by atoms with E-state index in [9.17, 15) is 4.79 Å². The fourth-order valence-electron chi connectivity index (χ4n) is 2.12. The summed E-state index contributed by atoms with van der Waals surface area (Å²) in [5.41, 5.74) is 1.59. The van der Waals surface area contributed by atoms with E-state index in [1.807, 2.05) is 55.6 Å². The van der Waals surface area contributed by atoms with Crippen molar-refractivity contribution in [2.75, 3.05) is 13.6 Å². The van der Waals surface area contributed by atoms with Crippen LogP contribution in [0.5, 0.6) is 0 Å². The molecule has 0 aromatic heterocycles. The Kier molecular flexibility index (Phi) is 7.79. The lowest BCUT2D eigenvalue weighted by Gasteiger charge is -2.27. The number of carbonyl (C=O) groups is 1. The summed E-state index contributed by atoms with van der Waals surface area (Å²) >= 11 is 0. The molecule has 0 spiro atoms. The van der Waals surface area contributed by atoms with Crippen LogP contribution in [-0.4, -0.2) is 30.5 Å². The van der Waals surface area contributed by atoms with Gasteiger partial charge in [-0.2, -0.15) is 0 Å². The number of carbonyl (C=O) groups excluding carboxylic acids is 1. The zero-order valence-corrected chi connectivity index (χ0v) is 14.6.